The number of benzene rings is 3. The fourth-order valence-corrected chi connectivity index (χ4v) is 3.40. The summed E-state index contributed by atoms with van der Waals surface area (Å²) in [6.45, 7) is 0.755. The van der Waals surface area contributed by atoms with Crippen molar-refractivity contribution >= 4 is 22.6 Å². The maximum atomic E-state index is 13.5. The molecule has 1 N–H and O–H groups in total. The van der Waals surface area contributed by atoms with Gasteiger partial charge in [-0.3, -0.25) is 0 Å². The van der Waals surface area contributed by atoms with Crippen LogP contribution in [0.2, 0.25) is 0 Å². The minimum atomic E-state index is -0.413. The summed E-state index contributed by atoms with van der Waals surface area (Å²) in [6, 6.07) is 21.0. The molecule has 0 saturated carbocycles. The molecular formula is C26H23FN2O4. The van der Waals surface area contributed by atoms with Crippen molar-refractivity contribution in [3.05, 3.63) is 95.4 Å². The van der Waals surface area contributed by atoms with Gasteiger partial charge in [0, 0.05) is 35.3 Å². The van der Waals surface area contributed by atoms with Crippen LogP contribution in [-0.2, 0) is 17.9 Å². The zero-order valence-corrected chi connectivity index (χ0v) is 18.3. The zero-order chi connectivity index (χ0) is 23.2. The van der Waals surface area contributed by atoms with Crippen molar-refractivity contribution in [3.8, 4) is 11.5 Å². The molecule has 0 fully saturated rings. The van der Waals surface area contributed by atoms with E-state index in [0.717, 1.165) is 16.6 Å². The van der Waals surface area contributed by atoms with Crippen LogP contribution in [0.25, 0.3) is 10.9 Å². The van der Waals surface area contributed by atoms with E-state index in [1.807, 2.05) is 42.5 Å². The highest BCUT2D eigenvalue weighted by Gasteiger charge is 2.10. The van der Waals surface area contributed by atoms with Crippen molar-refractivity contribution in [2.24, 2.45) is 0 Å². The molecule has 0 aliphatic rings. The van der Waals surface area contributed by atoms with Crippen LogP contribution in [0, 0.1) is 5.82 Å². The number of hydrogen-bond donors (Lipinski definition) is 1. The van der Waals surface area contributed by atoms with Crippen LogP contribution in [0.15, 0.2) is 72.8 Å². The fourth-order valence-electron chi connectivity index (χ4n) is 3.40. The topological polar surface area (TPSA) is 69.7 Å². The van der Waals surface area contributed by atoms with Gasteiger partial charge in [-0.1, -0.05) is 18.2 Å². The first-order chi connectivity index (χ1) is 16.1. The predicted octanol–water partition coefficient (Wildman–Crippen LogP) is 5.36. The lowest BCUT2D eigenvalue weighted by Gasteiger charge is -2.13. The average Bonchev–Trinajstić information content (AvgIpc) is 2.85. The van der Waals surface area contributed by atoms with Gasteiger partial charge in [0.15, 0.2) is 0 Å². The van der Waals surface area contributed by atoms with Crippen LogP contribution < -0.4 is 14.8 Å². The van der Waals surface area contributed by atoms with Gasteiger partial charge in [-0.15, -0.1) is 0 Å². The standard InChI is InChI=1S/C26H23FN2O4/c1-31-25-12-18(26(30)32-2)6-7-19(25)15-28-21-4-3-5-23(14-21)33-16-22-11-9-17-8-10-20(27)13-24(17)29-22/h3-14,28H,15-16H2,1-2H3. The highest BCUT2D eigenvalue weighted by Crippen LogP contribution is 2.24. The Hall–Kier alpha value is -4.13. The fraction of sp³-hybridized carbons (Fsp3) is 0.154. The SMILES string of the molecule is COC(=O)c1ccc(CNc2cccc(OCc3ccc4ccc(F)cc4n3)c2)c(OC)c1. The predicted molar refractivity (Wildman–Crippen MR) is 124 cm³/mol. The van der Waals surface area contributed by atoms with Crippen molar-refractivity contribution in [2.75, 3.05) is 19.5 Å². The minimum absolute atomic E-state index is 0.263. The quantitative estimate of drug-likeness (QED) is 0.368. The van der Waals surface area contributed by atoms with E-state index in [4.69, 9.17) is 14.2 Å². The third-order valence-corrected chi connectivity index (χ3v) is 5.12. The minimum Gasteiger partial charge on any atom is -0.496 e. The molecule has 0 radical (unpaired) electrons. The monoisotopic (exact) mass is 446 g/mol. The van der Waals surface area contributed by atoms with E-state index in [0.29, 0.717) is 34.8 Å². The molecular weight excluding hydrogens is 423 g/mol. The van der Waals surface area contributed by atoms with Gasteiger partial charge in [0.1, 0.15) is 23.9 Å². The van der Waals surface area contributed by atoms with Crippen molar-refractivity contribution in [1.82, 2.24) is 4.98 Å². The molecule has 0 atom stereocenters. The second-order valence-electron chi connectivity index (χ2n) is 7.33. The molecule has 1 heterocycles. The van der Waals surface area contributed by atoms with Gasteiger partial charge in [0.25, 0.3) is 0 Å². The van der Waals surface area contributed by atoms with Gasteiger partial charge in [-0.05, 0) is 42.5 Å². The summed E-state index contributed by atoms with van der Waals surface area (Å²) in [5.41, 5.74) is 3.49. The molecule has 0 saturated heterocycles. The second-order valence-corrected chi connectivity index (χ2v) is 7.33. The number of rotatable bonds is 8. The van der Waals surface area contributed by atoms with Crippen LogP contribution in [0.1, 0.15) is 21.6 Å². The first-order valence-corrected chi connectivity index (χ1v) is 10.3. The molecule has 0 amide bonds. The molecule has 0 bridgehead atoms. The van der Waals surface area contributed by atoms with Gasteiger partial charge in [-0.25, -0.2) is 14.2 Å². The van der Waals surface area contributed by atoms with E-state index in [-0.39, 0.29) is 12.4 Å². The lowest BCUT2D eigenvalue weighted by atomic mass is 10.1. The van der Waals surface area contributed by atoms with Crippen LogP contribution in [0.5, 0.6) is 11.5 Å². The van der Waals surface area contributed by atoms with Crippen LogP contribution >= 0.6 is 0 Å². The highest BCUT2D eigenvalue weighted by molar-refractivity contribution is 5.90. The number of esters is 1. The van der Waals surface area contributed by atoms with E-state index in [2.05, 4.69) is 10.3 Å². The molecule has 0 spiro atoms. The molecule has 1 aromatic heterocycles. The summed E-state index contributed by atoms with van der Waals surface area (Å²) in [6.07, 6.45) is 0. The molecule has 0 unspecified atom stereocenters. The number of nitrogens with zero attached hydrogens (tertiary/aromatic N) is 1. The third-order valence-electron chi connectivity index (χ3n) is 5.12. The van der Waals surface area contributed by atoms with Gasteiger partial charge in [-0.2, -0.15) is 0 Å². The lowest BCUT2D eigenvalue weighted by molar-refractivity contribution is 0.0600. The van der Waals surface area contributed by atoms with E-state index in [1.165, 1.54) is 19.2 Å². The smallest absolute Gasteiger partial charge is 0.337 e. The number of pyridine rings is 1. The number of halogens is 1. The number of hydrogen-bond acceptors (Lipinski definition) is 6. The van der Waals surface area contributed by atoms with Gasteiger partial charge >= 0.3 is 5.97 Å². The van der Waals surface area contributed by atoms with E-state index in [9.17, 15) is 9.18 Å². The maximum Gasteiger partial charge on any atom is 0.337 e. The summed E-state index contributed by atoms with van der Waals surface area (Å²) in [7, 11) is 2.90. The first-order valence-electron chi connectivity index (χ1n) is 10.3. The summed E-state index contributed by atoms with van der Waals surface area (Å²) in [5.74, 6) is 0.540. The number of nitrogens with one attached hydrogen (secondary N) is 1. The molecule has 168 valence electrons. The Morgan fingerprint density at radius 3 is 2.67 bits per heavy atom. The van der Waals surface area contributed by atoms with Gasteiger partial charge in [0.05, 0.1) is 31.0 Å². The Labute approximate surface area is 190 Å². The third kappa shape index (κ3) is 5.38. The second kappa shape index (κ2) is 9.99. The molecule has 6 nitrogen and oxygen atoms in total. The number of methoxy groups -OCH3 is 2. The van der Waals surface area contributed by atoms with Crippen LogP contribution in [0.3, 0.4) is 0 Å². The average molecular weight is 446 g/mol. The molecule has 0 aliphatic carbocycles. The number of carbonyl (C=O) groups is 1. The van der Waals surface area contributed by atoms with Gasteiger partial charge < -0.3 is 19.5 Å². The van der Waals surface area contributed by atoms with E-state index >= 15 is 0 Å². The van der Waals surface area contributed by atoms with Crippen molar-refractivity contribution in [2.45, 2.75) is 13.2 Å². The molecule has 0 aliphatic heterocycles. The largest absolute Gasteiger partial charge is 0.496 e. The molecule has 7 heteroatoms. The number of anilines is 1. The first kappa shape index (κ1) is 22.1. The Bertz CT molecular complexity index is 1290. The molecule has 4 rings (SSSR count). The summed E-state index contributed by atoms with van der Waals surface area (Å²) >= 11 is 0. The van der Waals surface area contributed by atoms with Crippen LogP contribution in [0.4, 0.5) is 10.1 Å². The van der Waals surface area contributed by atoms with E-state index < -0.39 is 5.97 Å². The highest BCUT2D eigenvalue weighted by atomic mass is 19.1. The van der Waals surface area contributed by atoms with Crippen LogP contribution in [-0.4, -0.2) is 25.2 Å². The number of ether oxygens (including phenoxy) is 3. The van der Waals surface area contributed by atoms with Crippen molar-refractivity contribution in [1.29, 1.82) is 0 Å². The van der Waals surface area contributed by atoms with Gasteiger partial charge in [0.2, 0.25) is 0 Å². The number of carbonyl (C=O) groups excluding carboxylic acids is 1. The summed E-state index contributed by atoms with van der Waals surface area (Å²) in [4.78, 5) is 16.2. The molecule has 3 aromatic carbocycles. The lowest BCUT2D eigenvalue weighted by Crippen LogP contribution is -2.05. The maximum absolute atomic E-state index is 13.5. The molecule has 4 aromatic rings. The summed E-state index contributed by atoms with van der Waals surface area (Å²) < 4.78 is 29.5. The number of fused-ring (bicyclic) bond motifs is 1. The van der Waals surface area contributed by atoms with E-state index in [1.54, 1.807) is 25.3 Å². The zero-order valence-electron chi connectivity index (χ0n) is 18.3. The Kier molecular flexibility index (Phi) is 6.69. The van der Waals surface area contributed by atoms with Crippen molar-refractivity contribution < 1.29 is 23.4 Å². The Balaban J connectivity index is 1.41. The normalized spacial score (nSPS) is 10.6. The summed E-state index contributed by atoms with van der Waals surface area (Å²) in [5, 5.41) is 4.21. The Morgan fingerprint density at radius 1 is 1.00 bits per heavy atom. The van der Waals surface area contributed by atoms with Crippen molar-refractivity contribution in [3.63, 3.8) is 0 Å². The Morgan fingerprint density at radius 2 is 1.85 bits per heavy atom. The molecule has 33 heavy (non-hydrogen) atoms. The number of aromatic nitrogens is 1.